The molecule has 30 heavy (non-hydrogen) atoms. The minimum atomic E-state index is -0.386. The minimum absolute atomic E-state index is 0.0782. The Morgan fingerprint density at radius 1 is 1.17 bits per heavy atom. The maximum atomic E-state index is 13.0. The number of fused-ring (bicyclic) bond motifs is 3. The molecule has 0 radical (unpaired) electrons. The van der Waals surface area contributed by atoms with Crippen LogP contribution >= 0.6 is 23.2 Å². The summed E-state index contributed by atoms with van der Waals surface area (Å²) in [5.74, 6) is -0.213. The molecule has 0 spiro atoms. The fourth-order valence-corrected chi connectivity index (χ4v) is 3.68. The van der Waals surface area contributed by atoms with Crippen molar-refractivity contribution in [2.45, 2.75) is 33.0 Å². The molecule has 0 aliphatic heterocycles. The van der Waals surface area contributed by atoms with Crippen LogP contribution in [0.1, 0.15) is 19.4 Å². The van der Waals surface area contributed by atoms with E-state index in [1.54, 1.807) is 23.1 Å². The first kappa shape index (κ1) is 20.4. The predicted octanol–water partition coefficient (Wildman–Crippen LogP) is 4.89. The van der Waals surface area contributed by atoms with Gasteiger partial charge in [-0.25, -0.2) is 4.98 Å². The highest BCUT2D eigenvalue weighted by molar-refractivity contribution is 6.42. The Labute approximate surface area is 182 Å². The predicted molar refractivity (Wildman–Crippen MR) is 118 cm³/mol. The molecule has 0 saturated carbocycles. The number of carbonyl (C=O) groups is 1. The highest BCUT2D eigenvalue weighted by Crippen LogP contribution is 2.25. The molecule has 0 saturated heterocycles. The zero-order valence-electron chi connectivity index (χ0n) is 16.4. The quantitative estimate of drug-likeness (QED) is 0.440. The molecule has 0 atom stereocenters. The lowest BCUT2D eigenvalue weighted by Gasteiger charge is -2.27. The van der Waals surface area contributed by atoms with Gasteiger partial charge < -0.3 is 9.32 Å². The van der Waals surface area contributed by atoms with Crippen LogP contribution in [-0.4, -0.2) is 26.4 Å². The number of rotatable bonds is 5. The van der Waals surface area contributed by atoms with Crippen LogP contribution in [0.4, 0.5) is 0 Å². The van der Waals surface area contributed by atoms with Crippen molar-refractivity contribution in [3.8, 4) is 0 Å². The van der Waals surface area contributed by atoms with E-state index in [1.807, 2.05) is 38.1 Å². The lowest BCUT2D eigenvalue weighted by Crippen LogP contribution is -2.40. The van der Waals surface area contributed by atoms with Crippen LogP contribution in [0.3, 0.4) is 0 Å². The van der Waals surface area contributed by atoms with Gasteiger partial charge >= 0.3 is 0 Å². The first-order valence-electron chi connectivity index (χ1n) is 9.45. The SMILES string of the molecule is CC(C)N(Cc1ccc(Cl)c(Cl)c1)C(=O)Cn1cnc2c(oc3ccccc32)c1=O. The monoisotopic (exact) mass is 443 g/mol. The topological polar surface area (TPSA) is 68.3 Å². The third kappa shape index (κ3) is 3.80. The van der Waals surface area contributed by atoms with Gasteiger partial charge in [-0.3, -0.25) is 14.2 Å². The molecule has 2 aromatic heterocycles. The Kier molecular flexibility index (Phi) is 5.54. The van der Waals surface area contributed by atoms with Crippen LogP contribution in [0, 0.1) is 0 Å². The number of aromatic nitrogens is 2. The van der Waals surface area contributed by atoms with Gasteiger partial charge in [-0.1, -0.05) is 41.4 Å². The second kappa shape index (κ2) is 8.13. The lowest BCUT2D eigenvalue weighted by atomic mass is 10.2. The van der Waals surface area contributed by atoms with Crippen LogP contribution in [0.5, 0.6) is 0 Å². The maximum Gasteiger partial charge on any atom is 0.297 e. The third-order valence-corrected chi connectivity index (χ3v) is 5.68. The number of halogens is 2. The summed E-state index contributed by atoms with van der Waals surface area (Å²) >= 11 is 12.1. The van der Waals surface area contributed by atoms with Gasteiger partial charge in [0.15, 0.2) is 0 Å². The summed E-state index contributed by atoms with van der Waals surface area (Å²) < 4.78 is 6.96. The Hall–Kier alpha value is -2.83. The Bertz CT molecular complexity index is 1310. The van der Waals surface area contributed by atoms with Crippen molar-refractivity contribution < 1.29 is 9.21 Å². The molecule has 0 N–H and O–H groups in total. The molecule has 2 aromatic carbocycles. The average molecular weight is 444 g/mol. The first-order valence-corrected chi connectivity index (χ1v) is 10.2. The van der Waals surface area contributed by atoms with E-state index in [1.165, 1.54) is 10.9 Å². The number of carbonyl (C=O) groups excluding carboxylic acids is 1. The minimum Gasteiger partial charge on any atom is -0.448 e. The highest BCUT2D eigenvalue weighted by atomic mass is 35.5. The van der Waals surface area contributed by atoms with E-state index >= 15 is 0 Å². The number of para-hydroxylation sites is 1. The molecule has 4 aromatic rings. The van der Waals surface area contributed by atoms with Crippen LogP contribution < -0.4 is 5.56 Å². The number of furan rings is 1. The maximum absolute atomic E-state index is 13.0. The number of hydrogen-bond donors (Lipinski definition) is 0. The molecule has 0 aliphatic carbocycles. The van der Waals surface area contributed by atoms with Gasteiger partial charge in [0.2, 0.25) is 11.5 Å². The smallest absolute Gasteiger partial charge is 0.297 e. The molecule has 0 fully saturated rings. The number of amides is 1. The Morgan fingerprint density at radius 2 is 1.93 bits per heavy atom. The fraction of sp³-hybridized carbons (Fsp3) is 0.227. The average Bonchev–Trinajstić information content (AvgIpc) is 3.10. The van der Waals surface area contributed by atoms with Gasteiger partial charge in [-0.05, 0) is 43.7 Å². The number of hydrogen-bond acceptors (Lipinski definition) is 4. The first-order chi connectivity index (χ1) is 14.3. The Balaban J connectivity index is 1.62. The molecule has 0 bridgehead atoms. The van der Waals surface area contributed by atoms with Crippen molar-refractivity contribution in [3.63, 3.8) is 0 Å². The van der Waals surface area contributed by atoms with Gasteiger partial charge in [0, 0.05) is 18.0 Å². The molecule has 0 aliphatic rings. The van der Waals surface area contributed by atoms with E-state index in [0.29, 0.717) is 27.7 Å². The van der Waals surface area contributed by atoms with Crippen molar-refractivity contribution in [1.82, 2.24) is 14.5 Å². The summed E-state index contributed by atoms with van der Waals surface area (Å²) in [5, 5.41) is 1.66. The van der Waals surface area contributed by atoms with Crippen molar-refractivity contribution in [3.05, 3.63) is 74.8 Å². The summed E-state index contributed by atoms with van der Waals surface area (Å²) in [4.78, 5) is 31.9. The van der Waals surface area contributed by atoms with Gasteiger partial charge in [0.25, 0.3) is 5.56 Å². The molecule has 154 valence electrons. The molecule has 6 nitrogen and oxygen atoms in total. The van der Waals surface area contributed by atoms with E-state index in [4.69, 9.17) is 27.6 Å². The van der Waals surface area contributed by atoms with Crippen LogP contribution in [0.2, 0.25) is 10.0 Å². The van der Waals surface area contributed by atoms with Gasteiger partial charge in [0.1, 0.15) is 17.6 Å². The summed E-state index contributed by atoms with van der Waals surface area (Å²) in [6.07, 6.45) is 1.39. The molecular formula is C22H19Cl2N3O3. The molecule has 0 unspecified atom stereocenters. The summed E-state index contributed by atoms with van der Waals surface area (Å²) in [5.41, 5.74) is 1.69. The number of benzene rings is 2. The zero-order chi connectivity index (χ0) is 21.4. The van der Waals surface area contributed by atoms with Crippen molar-refractivity contribution in [2.24, 2.45) is 0 Å². The van der Waals surface area contributed by atoms with Gasteiger partial charge in [0.05, 0.1) is 16.4 Å². The largest absolute Gasteiger partial charge is 0.448 e. The Morgan fingerprint density at radius 3 is 2.67 bits per heavy atom. The van der Waals surface area contributed by atoms with Crippen LogP contribution in [-0.2, 0) is 17.9 Å². The molecule has 1 amide bonds. The van der Waals surface area contributed by atoms with Crippen LogP contribution in [0.25, 0.3) is 22.1 Å². The van der Waals surface area contributed by atoms with E-state index < -0.39 is 0 Å². The van der Waals surface area contributed by atoms with Crippen molar-refractivity contribution in [1.29, 1.82) is 0 Å². The van der Waals surface area contributed by atoms with E-state index in [0.717, 1.165) is 10.9 Å². The standard InChI is InChI=1S/C22H19Cl2N3O3/c1-13(2)27(10-14-7-8-16(23)17(24)9-14)19(28)11-26-12-25-20-15-5-3-4-6-18(15)30-21(20)22(26)29/h3-9,12-13H,10-11H2,1-2H3. The van der Waals surface area contributed by atoms with Gasteiger partial charge in [-0.2, -0.15) is 0 Å². The summed E-state index contributed by atoms with van der Waals surface area (Å²) in [6.45, 7) is 4.04. The van der Waals surface area contributed by atoms with Crippen LogP contribution in [0.15, 0.2) is 58.0 Å². The second-order valence-corrected chi connectivity index (χ2v) is 8.13. The van der Waals surface area contributed by atoms with Gasteiger partial charge in [-0.15, -0.1) is 0 Å². The van der Waals surface area contributed by atoms with E-state index in [9.17, 15) is 9.59 Å². The molecule has 4 rings (SSSR count). The number of nitrogens with zero attached hydrogens (tertiary/aromatic N) is 3. The molecular weight excluding hydrogens is 425 g/mol. The normalized spacial score (nSPS) is 11.5. The zero-order valence-corrected chi connectivity index (χ0v) is 17.9. The lowest BCUT2D eigenvalue weighted by molar-refractivity contribution is -0.134. The van der Waals surface area contributed by atoms with Crippen molar-refractivity contribution >= 4 is 51.2 Å². The summed E-state index contributed by atoms with van der Waals surface area (Å²) in [7, 11) is 0. The van der Waals surface area contributed by atoms with E-state index in [2.05, 4.69) is 4.98 Å². The highest BCUT2D eigenvalue weighted by Gasteiger charge is 2.20. The van der Waals surface area contributed by atoms with E-state index in [-0.39, 0.29) is 29.6 Å². The molecule has 2 heterocycles. The fourth-order valence-electron chi connectivity index (χ4n) is 3.36. The third-order valence-electron chi connectivity index (χ3n) is 4.94. The molecule has 8 heteroatoms. The second-order valence-electron chi connectivity index (χ2n) is 7.32. The summed E-state index contributed by atoms with van der Waals surface area (Å²) in [6, 6.07) is 12.5. The van der Waals surface area contributed by atoms with Crippen molar-refractivity contribution in [2.75, 3.05) is 0 Å².